The van der Waals surface area contributed by atoms with Crippen molar-refractivity contribution < 1.29 is 9.09 Å². The average Bonchev–Trinajstić information content (AvgIpc) is 2.03. The van der Waals surface area contributed by atoms with Crippen molar-refractivity contribution in [2.75, 3.05) is 0 Å². The zero-order valence-electron chi connectivity index (χ0n) is 8.15. The summed E-state index contributed by atoms with van der Waals surface area (Å²) in [5, 5.41) is 0.797. The first-order valence-corrected chi connectivity index (χ1v) is 5.48. The van der Waals surface area contributed by atoms with E-state index in [4.69, 9.17) is 4.52 Å². The molecule has 1 aromatic carbocycles. The fourth-order valence-electron chi connectivity index (χ4n) is 1.02. The van der Waals surface area contributed by atoms with Crippen molar-refractivity contribution in [3.63, 3.8) is 0 Å². The van der Waals surface area contributed by atoms with E-state index in [2.05, 4.69) is 0 Å². The summed E-state index contributed by atoms with van der Waals surface area (Å²) in [4.78, 5) is 0. The van der Waals surface area contributed by atoms with Gasteiger partial charge in [0.05, 0.1) is 0 Å². The molecule has 0 saturated carbocycles. The van der Waals surface area contributed by atoms with E-state index in [1.165, 1.54) is 0 Å². The summed E-state index contributed by atoms with van der Waals surface area (Å²) in [7, 11) is -1.69. The lowest BCUT2D eigenvalue weighted by Gasteiger charge is -1.95. The minimum absolute atomic E-state index is 0.00298. The first-order chi connectivity index (χ1) is 6.11. The molecule has 0 heterocycles. The standard InChI is InChI=1S/C10H14O2P/c1-8(2)12-13(11)10-7-5-4-6-9(10)3/h4-8H,1-3H3/q+1. The fraction of sp³-hybridized carbons (Fsp3) is 0.400. The molecular weight excluding hydrogens is 183 g/mol. The van der Waals surface area contributed by atoms with Crippen molar-refractivity contribution in [2.24, 2.45) is 0 Å². The lowest BCUT2D eigenvalue weighted by molar-refractivity contribution is 0.261. The number of hydrogen-bond donors (Lipinski definition) is 0. The van der Waals surface area contributed by atoms with Crippen molar-refractivity contribution in [3.8, 4) is 0 Å². The zero-order valence-corrected chi connectivity index (χ0v) is 9.04. The van der Waals surface area contributed by atoms with Gasteiger partial charge in [0, 0.05) is 5.56 Å². The van der Waals surface area contributed by atoms with Gasteiger partial charge in [-0.1, -0.05) is 18.2 Å². The molecule has 0 amide bonds. The number of aryl methyl sites for hydroxylation is 1. The van der Waals surface area contributed by atoms with Crippen molar-refractivity contribution in [1.29, 1.82) is 0 Å². The van der Waals surface area contributed by atoms with Crippen molar-refractivity contribution in [3.05, 3.63) is 29.8 Å². The van der Waals surface area contributed by atoms with E-state index < -0.39 is 8.03 Å². The molecule has 0 aliphatic carbocycles. The van der Waals surface area contributed by atoms with Gasteiger partial charge in [0.25, 0.3) is 0 Å². The van der Waals surface area contributed by atoms with E-state index >= 15 is 0 Å². The van der Waals surface area contributed by atoms with Crippen molar-refractivity contribution >= 4 is 13.3 Å². The van der Waals surface area contributed by atoms with Crippen LogP contribution < -0.4 is 5.30 Å². The first kappa shape index (κ1) is 10.4. The van der Waals surface area contributed by atoms with Crippen LogP contribution in [0.4, 0.5) is 0 Å². The number of hydrogen-bond acceptors (Lipinski definition) is 2. The Balaban J connectivity index is 2.83. The fourth-order valence-corrected chi connectivity index (χ4v) is 2.08. The highest BCUT2D eigenvalue weighted by molar-refractivity contribution is 7.48. The van der Waals surface area contributed by atoms with Gasteiger partial charge in [-0.15, -0.1) is 4.52 Å². The summed E-state index contributed by atoms with van der Waals surface area (Å²) in [5.74, 6) is 0. The van der Waals surface area contributed by atoms with Crippen LogP contribution in [0.15, 0.2) is 24.3 Å². The highest BCUT2D eigenvalue weighted by Crippen LogP contribution is 2.24. The van der Waals surface area contributed by atoms with Gasteiger partial charge in [-0.05, 0) is 31.4 Å². The third-order valence-corrected chi connectivity index (χ3v) is 3.13. The molecule has 0 spiro atoms. The Morgan fingerprint density at radius 1 is 1.31 bits per heavy atom. The van der Waals surface area contributed by atoms with Crippen LogP contribution in [0.2, 0.25) is 0 Å². The predicted molar refractivity (Wildman–Crippen MR) is 54.6 cm³/mol. The molecule has 2 nitrogen and oxygen atoms in total. The minimum Gasteiger partial charge on any atom is -0.139 e. The van der Waals surface area contributed by atoms with Crippen LogP contribution in [0.3, 0.4) is 0 Å². The van der Waals surface area contributed by atoms with Gasteiger partial charge in [0.15, 0.2) is 0 Å². The number of rotatable bonds is 3. The third-order valence-electron chi connectivity index (χ3n) is 1.62. The Labute approximate surface area is 79.8 Å². The average molecular weight is 197 g/mol. The molecular formula is C10H14O2P+. The summed E-state index contributed by atoms with van der Waals surface area (Å²) in [5.41, 5.74) is 1.02. The van der Waals surface area contributed by atoms with Crippen LogP contribution >= 0.6 is 8.03 Å². The molecule has 0 aliphatic heterocycles. The molecule has 0 N–H and O–H groups in total. The lowest BCUT2D eigenvalue weighted by Crippen LogP contribution is -2.05. The van der Waals surface area contributed by atoms with Gasteiger partial charge >= 0.3 is 8.03 Å². The summed E-state index contributed by atoms with van der Waals surface area (Å²) >= 11 is 0. The molecule has 1 aromatic rings. The van der Waals surface area contributed by atoms with Crippen LogP contribution in [0.5, 0.6) is 0 Å². The Morgan fingerprint density at radius 2 is 1.92 bits per heavy atom. The van der Waals surface area contributed by atoms with Gasteiger partial charge in [0.2, 0.25) is 5.30 Å². The van der Waals surface area contributed by atoms with Crippen molar-refractivity contribution in [2.45, 2.75) is 26.9 Å². The minimum atomic E-state index is -1.69. The highest BCUT2D eigenvalue weighted by Gasteiger charge is 2.25. The second-order valence-electron chi connectivity index (χ2n) is 3.20. The Hall–Kier alpha value is -0.720. The number of benzene rings is 1. The van der Waals surface area contributed by atoms with Gasteiger partial charge < -0.3 is 0 Å². The van der Waals surface area contributed by atoms with Crippen LogP contribution in [0.1, 0.15) is 19.4 Å². The summed E-state index contributed by atoms with van der Waals surface area (Å²) in [6, 6.07) is 7.58. The van der Waals surface area contributed by atoms with E-state index in [0.29, 0.717) is 0 Å². The molecule has 13 heavy (non-hydrogen) atoms. The maximum Gasteiger partial charge on any atom is 0.549 e. The predicted octanol–water partition coefficient (Wildman–Crippen LogP) is 2.79. The molecule has 0 radical (unpaired) electrons. The van der Waals surface area contributed by atoms with Gasteiger partial charge in [-0.3, -0.25) is 0 Å². The van der Waals surface area contributed by atoms with E-state index in [0.717, 1.165) is 10.9 Å². The summed E-state index contributed by atoms with van der Waals surface area (Å²) in [6.45, 7) is 5.70. The van der Waals surface area contributed by atoms with E-state index in [-0.39, 0.29) is 6.10 Å². The molecule has 1 rings (SSSR count). The monoisotopic (exact) mass is 197 g/mol. The second kappa shape index (κ2) is 4.50. The Bertz CT molecular complexity index is 308. The van der Waals surface area contributed by atoms with E-state index in [1.807, 2.05) is 45.0 Å². The molecule has 3 heteroatoms. The molecule has 0 saturated heterocycles. The normalized spacial score (nSPS) is 11.8. The molecule has 0 aliphatic rings. The zero-order chi connectivity index (χ0) is 9.84. The van der Waals surface area contributed by atoms with Gasteiger partial charge in [-0.2, -0.15) is 0 Å². The van der Waals surface area contributed by atoms with Crippen molar-refractivity contribution in [1.82, 2.24) is 0 Å². The molecule has 1 unspecified atom stereocenters. The second-order valence-corrected chi connectivity index (χ2v) is 4.40. The van der Waals surface area contributed by atoms with Crippen LogP contribution in [0.25, 0.3) is 0 Å². The maximum atomic E-state index is 11.6. The van der Waals surface area contributed by atoms with Gasteiger partial charge in [0.1, 0.15) is 6.10 Å². The van der Waals surface area contributed by atoms with Crippen LogP contribution in [-0.2, 0) is 9.09 Å². The largest absolute Gasteiger partial charge is 0.549 e. The van der Waals surface area contributed by atoms with Gasteiger partial charge in [-0.25, -0.2) is 0 Å². The van der Waals surface area contributed by atoms with E-state index in [1.54, 1.807) is 0 Å². The lowest BCUT2D eigenvalue weighted by atomic mass is 10.2. The Kier molecular flexibility index (Phi) is 3.58. The SMILES string of the molecule is Cc1ccccc1[P+](=O)OC(C)C. The molecule has 0 bridgehead atoms. The summed E-state index contributed by atoms with van der Waals surface area (Å²) < 4.78 is 16.8. The quantitative estimate of drug-likeness (QED) is 0.696. The highest BCUT2D eigenvalue weighted by atomic mass is 31.1. The Morgan fingerprint density at radius 3 is 2.46 bits per heavy atom. The molecule has 1 atom stereocenters. The smallest absolute Gasteiger partial charge is 0.139 e. The third kappa shape index (κ3) is 2.91. The van der Waals surface area contributed by atoms with E-state index in [9.17, 15) is 4.57 Å². The maximum absolute atomic E-state index is 11.6. The molecule has 70 valence electrons. The van der Waals surface area contributed by atoms with Crippen LogP contribution in [0, 0.1) is 6.92 Å². The van der Waals surface area contributed by atoms with Crippen LogP contribution in [-0.4, -0.2) is 6.10 Å². The molecule has 0 aromatic heterocycles. The topological polar surface area (TPSA) is 26.3 Å². The first-order valence-electron chi connectivity index (χ1n) is 4.31. The summed E-state index contributed by atoms with van der Waals surface area (Å²) in [6.07, 6.45) is 0.00298. The molecule has 0 fully saturated rings.